The molecule has 1 saturated heterocycles. The third kappa shape index (κ3) is 6.80. The number of guanidine groups is 1. The SMILES string of the molecule is CN=C(NCCc1ccc(F)cc1C)NCC1(c2ccc(OC)cc2)CCOCC1.I. The molecule has 0 spiro atoms. The highest BCUT2D eigenvalue weighted by Crippen LogP contribution is 2.35. The highest BCUT2D eigenvalue weighted by atomic mass is 127. The maximum absolute atomic E-state index is 13.3. The van der Waals surface area contributed by atoms with E-state index < -0.39 is 0 Å². The van der Waals surface area contributed by atoms with Crippen LogP contribution in [0.3, 0.4) is 0 Å². The Labute approximate surface area is 201 Å². The number of aliphatic imine (C=N–C) groups is 1. The van der Waals surface area contributed by atoms with Crippen LogP contribution < -0.4 is 15.4 Å². The first-order chi connectivity index (χ1) is 14.6. The molecule has 170 valence electrons. The largest absolute Gasteiger partial charge is 0.497 e. The number of halogens is 2. The summed E-state index contributed by atoms with van der Waals surface area (Å²) in [5, 5.41) is 6.89. The average Bonchev–Trinajstić information content (AvgIpc) is 2.78. The van der Waals surface area contributed by atoms with Crippen LogP contribution in [-0.2, 0) is 16.6 Å². The van der Waals surface area contributed by atoms with Gasteiger partial charge in [0.2, 0.25) is 0 Å². The number of benzene rings is 2. The maximum Gasteiger partial charge on any atom is 0.191 e. The fourth-order valence-corrected chi connectivity index (χ4v) is 4.00. The van der Waals surface area contributed by atoms with Gasteiger partial charge in [0.05, 0.1) is 7.11 Å². The molecule has 1 heterocycles. The van der Waals surface area contributed by atoms with Gasteiger partial charge in [0.25, 0.3) is 0 Å². The molecular weight excluding hydrogens is 508 g/mol. The van der Waals surface area contributed by atoms with E-state index in [1.807, 2.05) is 25.1 Å². The molecule has 2 aromatic rings. The minimum Gasteiger partial charge on any atom is -0.497 e. The lowest BCUT2D eigenvalue weighted by Crippen LogP contribution is -2.48. The smallest absolute Gasteiger partial charge is 0.191 e. The van der Waals surface area contributed by atoms with Crippen molar-refractivity contribution in [3.8, 4) is 5.75 Å². The first-order valence-electron chi connectivity index (χ1n) is 10.5. The summed E-state index contributed by atoms with van der Waals surface area (Å²) < 4.78 is 24.2. The average molecular weight is 541 g/mol. The van der Waals surface area contributed by atoms with Crippen molar-refractivity contribution in [2.24, 2.45) is 4.99 Å². The first-order valence-corrected chi connectivity index (χ1v) is 10.5. The van der Waals surface area contributed by atoms with Crippen LogP contribution in [0.1, 0.15) is 29.5 Å². The quantitative estimate of drug-likeness (QED) is 0.313. The van der Waals surface area contributed by atoms with E-state index >= 15 is 0 Å². The van der Waals surface area contributed by atoms with Crippen molar-refractivity contribution in [2.75, 3.05) is 40.5 Å². The molecule has 0 unspecified atom stereocenters. The summed E-state index contributed by atoms with van der Waals surface area (Å²) in [5.41, 5.74) is 3.39. The zero-order valence-corrected chi connectivity index (χ0v) is 20.9. The van der Waals surface area contributed by atoms with Gasteiger partial charge in [0.15, 0.2) is 5.96 Å². The van der Waals surface area contributed by atoms with Crippen LogP contribution in [0.25, 0.3) is 0 Å². The molecule has 31 heavy (non-hydrogen) atoms. The molecule has 0 saturated carbocycles. The normalized spacial score (nSPS) is 15.7. The Morgan fingerprint density at radius 3 is 2.45 bits per heavy atom. The summed E-state index contributed by atoms with van der Waals surface area (Å²) in [4.78, 5) is 4.38. The molecule has 0 atom stereocenters. The molecule has 1 fully saturated rings. The second-order valence-electron chi connectivity index (χ2n) is 7.79. The van der Waals surface area contributed by atoms with E-state index in [4.69, 9.17) is 9.47 Å². The lowest BCUT2D eigenvalue weighted by atomic mass is 9.74. The van der Waals surface area contributed by atoms with Crippen molar-refractivity contribution < 1.29 is 13.9 Å². The van der Waals surface area contributed by atoms with Crippen LogP contribution in [0.5, 0.6) is 5.75 Å². The number of nitrogens with zero attached hydrogens (tertiary/aromatic N) is 1. The van der Waals surface area contributed by atoms with Gasteiger partial charge in [0.1, 0.15) is 11.6 Å². The van der Waals surface area contributed by atoms with Crippen molar-refractivity contribution in [3.63, 3.8) is 0 Å². The third-order valence-corrected chi connectivity index (χ3v) is 5.96. The topological polar surface area (TPSA) is 54.9 Å². The molecule has 1 aliphatic rings. The Balaban J connectivity index is 0.00000341. The molecule has 7 heteroatoms. The number of rotatable bonds is 7. The lowest BCUT2D eigenvalue weighted by molar-refractivity contribution is 0.0513. The number of ether oxygens (including phenoxy) is 2. The Morgan fingerprint density at radius 1 is 1.13 bits per heavy atom. The van der Waals surface area contributed by atoms with Crippen LogP contribution >= 0.6 is 24.0 Å². The summed E-state index contributed by atoms with van der Waals surface area (Å²) in [6, 6.07) is 13.3. The van der Waals surface area contributed by atoms with Gasteiger partial charge in [-0.2, -0.15) is 0 Å². The van der Waals surface area contributed by atoms with Crippen LogP contribution in [-0.4, -0.2) is 46.4 Å². The number of hydrogen-bond acceptors (Lipinski definition) is 3. The van der Waals surface area contributed by atoms with Crippen LogP contribution in [0.15, 0.2) is 47.5 Å². The van der Waals surface area contributed by atoms with Gasteiger partial charge < -0.3 is 20.1 Å². The summed E-state index contributed by atoms with van der Waals surface area (Å²) in [5.74, 6) is 1.44. The fraction of sp³-hybridized carbons (Fsp3) is 0.458. The Hall–Kier alpha value is -1.87. The molecule has 0 bridgehead atoms. The van der Waals surface area contributed by atoms with Gasteiger partial charge in [-0.05, 0) is 67.1 Å². The Bertz CT molecular complexity index is 852. The van der Waals surface area contributed by atoms with E-state index in [2.05, 4.69) is 27.8 Å². The fourth-order valence-electron chi connectivity index (χ4n) is 4.00. The third-order valence-electron chi connectivity index (χ3n) is 5.96. The standard InChI is InChI=1S/C24H32FN3O2.HI/c1-18-16-21(25)7-4-19(18)10-13-27-23(26-2)28-17-24(11-14-30-15-12-24)20-5-8-22(29-3)9-6-20;/h4-9,16H,10-15,17H2,1-3H3,(H2,26,27,28);1H. The summed E-state index contributed by atoms with van der Waals surface area (Å²) in [6.45, 7) is 4.95. The van der Waals surface area contributed by atoms with Crippen molar-refractivity contribution >= 4 is 29.9 Å². The van der Waals surface area contributed by atoms with Gasteiger partial charge in [-0.1, -0.05) is 18.2 Å². The molecular formula is C24H33FIN3O2. The number of methoxy groups -OCH3 is 1. The zero-order chi connectivity index (χ0) is 21.4. The highest BCUT2D eigenvalue weighted by Gasteiger charge is 2.34. The monoisotopic (exact) mass is 541 g/mol. The first kappa shape index (κ1) is 25.4. The summed E-state index contributed by atoms with van der Waals surface area (Å²) >= 11 is 0. The van der Waals surface area contributed by atoms with Gasteiger partial charge in [-0.3, -0.25) is 4.99 Å². The predicted molar refractivity (Wildman–Crippen MR) is 134 cm³/mol. The molecule has 0 aliphatic carbocycles. The van der Waals surface area contributed by atoms with Crippen LogP contribution in [0.2, 0.25) is 0 Å². The molecule has 0 radical (unpaired) electrons. The molecule has 2 N–H and O–H groups in total. The van der Waals surface area contributed by atoms with Crippen molar-refractivity contribution in [1.29, 1.82) is 0 Å². The minimum atomic E-state index is -0.193. The van der Waals surface area contributed by atoms with Gasteiger partial charge in [0, 0.05) is 38.8 Å². The van der Waals surface area contributed by atoms with E-state index in [0.717, 1.165) is 68.4 Å². The molecule has 1 aliphatic heterocycles. The van der Waals surface area contributed by atoms with Crippen molar-refractivity contribution in [3.05, 3.63) is 65.0 Å². The van der Waals surface area contributed by atoms with Crippen molar-refractivity contribution in [2.45, 2.75) is 31.6 Å². The molecule has 3 rings (SSSR count). The zero-order valence-electron chi connectivity index (χ0n) is 18.5. The van der Waals surface area contributed by atoms with Gasteiger partial charge in [-0.15, -0.1) is 24.0 Å². The Morgan fingerprint density at radius 2 is 1.84 bits per heavy atom. The second kappa shape index (κ2) is 12.2. The van der Waals surface area contributed by atoms with E-state index in [1.54, 1.807) is 20.2 Å². The minimum absolute atomic E-state index is 0. The Kier molecular flexibility index (Phi) is 10.0. The molecule has 0 aromatic heterocycles. The van der Waals surface area contributed by atoms with Gasteiger partial charge >= 0.3 is 0 Å². The van der Waals surface area contributed by atoms with Crippen molar-refractivity contribution in [1.82, 2.24) is 10.6 Å². The van der Waals surface area contributed by atoms with Crippen LogP contribution in [0, 0.1) is 12.7 Å². The summed E-state index contributed by atoms with van der Waals surface area (Å²) in [6.07, 6.45) is 2.72. The molecule has 2 aromatic carbocycles. The molecule has 0 amide bonds. The van der Waals surface area contributed by atoms with E-state index in [1.165, 1.54) is 11.6 Å². The maximum atomic E-state index is 13.3. The van der Waals surface area contributed by atoms with Crippen LogP contribution in [0.4, 0.5) is 4.39 Å². The highest BCUT2D eigenvalue weighted by molar-refractivity contribution is 14.0. The molecule has 5 nitrogen and oxygen atoms in total. The van der Waals surface area contributed by atoms with E-state index in [-0.39, 0.29) is 35.2 Å². The summed E-state index contributed by atoms with van der Waals surface area (Å²) in [7, 11) is 3.46. The van der Waals surface area contributed by atoms with Gasteiger partial charge in [-0.25, -0.2) is 4.39 Å². The number of hydrogen-bond donors (Lipinski definition) is 2. The lowest BCUT2D eigenvalue weighted by Gasteiger charge is -2.38. The number of aryl methyl sites for hydroxylation is 1. The number of nitrogens with one attached hydrogen (secondary N) is 2. The second-order valence-corrected chi connectivity index (χ2v) is 7.79. The van der Waals surface area contributed by atoms with E-state index in [0.29, 0.717) is 0 Å². The predicted octanol–water partition coefficient (Wildman–Crippen LogP) is 4.22. The van der Waals surface area contributed by atoms with E-state index in [9.17, 15) is 4.39 Å².